The number of amides is 1. The van der Waals surface area contributed by atoms with Crippen molar-refractivity contribution in [1.82, 2.24) is 0 Å². The summed E-state index contributed by atoms with van der Waals surface area (Å²) in [6.07, 6.45) is 6.04. The third kappa shape index (κ3) is 3.18. The zero-order valence-corrected chi connectivity index (χ0v) is 15.8. The number of likely N-dealkylation sites (tertiary alicyclic amines) is 1. The van der Waals surface area contributed by atoms with Gasteiger partial charge in [-0.25, -0.2) is 0 Å². The lowest BCUT2D eigenvalue weighted by Crippen LogP contribution is -2.58. The minimum Gasteiger partial charge on any atom is -0.314 e. The zero-order valence-electron chi connectivity index (χ0n) is 15.8. The highest BCUT2D eigenvalue weighted by molar-refractivity contribution is 6.00. The molecule has 0 spiro atoms. The quantitative estimate of drug-likeness (QED) is 0.788. The van der Waals surface area contributed by atoms with E-state index < -0.39 is 0 Å². The topological polar surface area (TPSA) is 44.1 Å². The number of nitriles is 1. The summed E-state index contributed by atoms with van der Waals surface area (Å²) in [6, 6.07) is 6.13. The van der Waals surface area contributed by atoms with Crippen molar-refractivity contribution < 1.29 is 9.28 Å². The lowest BCUT2D eigenvalue weighted by molar-refractivity contribution is -0.939. The van der Waals surface area contributed by atoms with Gasteiger partial charge in [-0.05, 0) is 69.7 Å². The molecular formula is C21H30N3O+. The van der Waals surface area contributed by atoms with Crippen molar-refractivity contribution in [3.05, 3.63) is 28.8 Å². The van der Waals surface area contributed by atoms with E-state index in [9.17, 15) is 4.79 Å². The Balaban J connectivity index is 1.91. The third-order valence-electron chi connectivity index (χ3n) is 6.32. The molecule has 0 aromatic heterocycles. The lowest BCUT2D eigenvalue weighted by atomic mass is 10.0. The van der Waals surface area contributed by atoms with Crippen LogP contribution in [0.3, 0.4) is 0 Å². The van der Waals surface area contributed by atoms with Crippen molar-refractivity contribution in [2.75, 3.05) is 31.1 Å². The Kier molecular flexibility index (Phi) is 5.15. The van der Waals surface area contributed by atoms with E-state index in [1.54, 1.807) is 0 Å². The SMILES string of the molecule is CC[N+]1(C2CCN(c3c(C)cc(C#N)cc3C)C2=O)CCCCCC1. The molecule has 4 nitrogen and oxygen atoms in total. The molecule has 0 saturated carbocycles. The molecule has 0 N–H and O–H groups in total. The average molecular weight is 340 g/mol. The monoisotopic (exact) mass is 340 g/mol. The minimum atomic E-state index is 0.109. The van der Waals surface area contributed by atoms with Crippen molar-refractivity contribution in [3.8, 4) is 6.07 Å². The van der Waals surface area contributed by atoms with E-state index in [0.717, 1.165) is 53.9 Å². The van der Waals surface area contributed by atoms with Gasteiger partial charge in [-0.2, -0.15) is 5.26 Å². The summed E-state index contributed by atoms with van der Waals surface area (Å²) >= 11 is 0. The fourth-order valence-electron chi connectivity index (χ4n) is 5.01. The van der Waals surface area contributed by atoms with E-state index in [1.807, 2.05) is 30.9 Å². The Hall–Kier alpha value is -1.86. The number of aryl methyl sites for hydroxylation is 2. The van der Waals surface area contributed by atoms with Gasteiger partial charge in [-0.15, -0.1) is 0 Å². The molecule has 1 amide bonds. The fourth-order valence-corrected chi connectivity index (χ4v) is 5.01. The Morgan fingerprint density at radius 3 is 2.28 bits per heavy atom. The number of carbonyl (C=O) groups excluding carboxylic acids is 1. The molecular weight excluding hydrogens is 310 g/mol. The van der Waals surface area contributed by atoms with Crippen LogP contribution in [0.1, 0.15) is 55.7 Å². The lowest BCUT2D eigenvalue weighted by Gasteiger charge is -2.41. The molecule has 2 saturated heterocycles. The number of rotatable bonds is 3. The molecule has 25 heavy (non-hydrogen) atoms. The number of hydrogen-bond donors (Lipinski definition) is 0. The van der Waals surface area contributed by atoms with E-state index in [0.29, 0.717) is 11.5 Å². The maximum absolute atomic E-state index is 13.4. The third-order valence-corrected chi connectivity index (χ3v) is 6.32. The Morgan fingerprint density at radius 1 is 1.16 bits per heavy atom. The summed E-state index contributed by atoms with van der Waals surface area (Å²) in [5.41, 5.74) is 3.76. The van der Waals surface area contributed by atoms with Gasteiger partial charge in [0.1, 0.15) is 0 Å². The highest BCUT2D eigenvalue weighted by Gasteiger charge is 2.47. The first-order valence-corrected chi connectivity index (χ1v) is 9.71. The van der Waals surface area contributed by atoms with E-state index in [-0.39, 0.29) is 6.04 Å². The molecule has 134 valence electrons. The van der Waals surface area contributed by atoms with Gasteiger partial charge in [-0.3, -0.25) is 4.79 Å². The number of likely N-dealkylation sites (N-methyl/N-ethyl adjacent to an activating group) is 1. The fraction of sp³-hybridized carbons (Fsp3) is 0.619. The van der Waals surface area contributed by atoms with Crippen LogP contribution in [0, 0.1) is 25.2 Å². The molecule has 1 atom stereocenters. The second-order valence-electron chi connectivity index (χ2n) is 7.76. The molecule has 1 aromatic rings. The van der Waals surface area contributed by atoms with Gasteiger partial charge in [0.25, 0.3) is 5.91 Å². The Morgan fingerprint density at radius 2 is 1.76 bits per heavy atom. The first-order chi connectivity index (χ1) is 12.0. The second kappa shape index (κ2) is 7.17. The first kappa shape index (κ1) is 17.9. The number of nitrogens with zero attached hydrogens (tertiary/aromatic N) is 3. The van der Waals surface area contributed by atoms with Gasteiger partial charge >= 0.3 is 0 Å². The van der Waals surface area contributed by atoms with Crippen molar-refractivity contribution in [3.63, 3.8) is 0 Å². The van der Waals surface area contributed by atoms with Crippen molar-refractivity contribution >= 4 is 11.6 Å². The van der Waals surface area contributed by atoms with Crippen LogP contribution in [0.2, 0.25) is 0 Å². The van der Waals surface area contributed by atoms with Crippen molar-refractivity contribution in [2.45, 2.75) is 58.9 Å². The van der Waals surface area contributed by atoms with Crippen LogP contribution in [0.4, 0.5) is 5.69 Å². The number of quaternary nitrogens is 1. The van der Waals surface area contributed by atoms with E-state index >= 15 is 0 Å². The number of carbonyl (C=O) groups is 1. The van der Waals surface area contributed by atoms with E-state index in [2.05, 4.69) is 13.0 Å². The maximum Gasteiger partial charge on any atom is 0.285 e. The Labute approximate surface area is 151 Å². The summed E-state index contributed by atoms with van der Waals surface area (Å²) in [5, 5.41) is 9.17. The number of hydrogen-bond acceptors (Lipinski definition) is 2. The smallest absolute Gasteiger partial charge is 0.285 e. The molecule has 0 radical (unpaired) electrons. The molecule has 2 aliphatic rings. The molecule has 1 aromatic carbocycles. The van der Waals surface area contributed by atoms with E-state index in [1.165, 1.54) is 25.7 Å². The molecule has 4 heteroatoms. The summed E-state index contributed by atoms with van der Waals surface area (Å²) in [5.74, 6) is 0.291. The highest BCUT2D eigenvalue weighted by atomic mass is 16.2. The van der Waals surface area contributed by atoms with Gasteiger partial charge in [0.2, 0.25) is 0 Å². The largest absolute Gasteiger partial charge is 0.314 e. The second-order valence-corrected chi connectivity index (χ2v) is 7.76. The first-order valence-electron chi connectivity index (χ1n) is 9.71. The molecule has 3 rings (SSSR count). The Bertz CT molecular complexity index is 673. The standard InChI is InChI=1S/C21H30N3O/c1-4-24(11-7-5-6-8-12-24)19-9-10-23(21(19)25)20-16(2)13-18(15-22)14-17(20)3/h13-14,19H,4-12H2,1-3H3/q+1. The highest BCUT2D eigenvalue weighted by Crippen LogP contribution is 2.34. The zero-order chi connectivity index (χ0) is 18.0. The van der Waals surface area contributed by atoms with Gasteiger partial charge in [0.15, 0.2) is 6.04 Å². The van der Waals surface area contributed by atoms with Gasteiger partial charge in [-0.1, -0.05) is 0 Å². The van der Waals surface area contributed by atoms with Crippen LogP contribution in [-0.2, 0) is 4.79 Å². The maximum atomic E-state index is 13.4. The van der Waals surface area contributed by atoms with Gasteiger partial charge in [0, 0.05) is 18.7 Å². The molecule has 2 fully saturated rings. The summed E-state index contributed by atoms with van der Waals surface area (Å²) < 4.78 is 0.976. The molecule has 2 aliphatic heterocycles. The van der Waals surface area contributed by atoms with Crippen molar-refractivity contribution in [2.24, 2.45) is 0 Å². The molecule has 1 unspecified atom stereocenters. The summed E-state index contributed by atoms with van der Waals surface area (Å²) in [4.78, 5) is 15.4. The predicted octanol–water partition coefficient (Wildman–Crippen LogP) is 3.69. The van der Waals surface area contributed by atoms with Crippen LogP contribution in [0.15, 0.2) is 12.1 Å². The molecule has 0 bridgehead atoms. The summed E-state index contributed by atoms with van der Waals surface area (Å²) in [6.45, 7) is 10.4. The molecule has 0 aliphatic carbocycles. The number of benzene rings is 1. The average Bonchev–Trinajstić information content (AvgIpc) is 2.83. The van der Waals surface area contributed by atoms with Gasteiger partial charge < -0.3 is 9.38 Å². The van der Waals surface area contributed by atoms with E-state index in [4.69, 9.17) is 5.26 Å². The van der Waals surface area contributed by atoms with Crippen LogP contribution in [0.5, 0.6) is 0 Å². The van der Waals surface area contributed by atoms with Crippen LogP contribution in [0.25, 0.3) is 0 Å². The van der Waals surface area contributed by atoms with Crippen LogP contribution in [-0.4, -0.2) is 42.6 Å². The number of anilines is 1. The molecule has 2 heterocycles. The summed E-state index contributed by atoms with van der Waals surface area (Å²) in [7, 11) is 0. The van der Waals surface area contributed by atoms with Crippen molar-refractivity contribution in [1.29, 1.82) is 5.26 Å². The van der Waals surface area contributed by atoms with Gasteiger partial charge in [0.05, 0.1) is 31.3 Å². The predicted molar refractivity (Wildman–Crippen MR) is 100 cm³/mol. The minimum absolute atomic E-state index is 0.109. The van der Waals surface area contributed by atoms with Crippen LogP contribution < -0.4 is 4.90 Å². The van der Waals surface area contributed by atoms with Crippen LogP contribution >= 0.6 is 0 Å². The normalized spacial score (nSPS) is 23.4.